The molecular formula is C19H18FN7O. The molecule has 0 saturated carbocycles. The molecular weight excluding hydrogens is 361 g/mol. The highest BCUT2D eigenvalue weighted by Crippen LogP contribution is 2.21. The number of hydrogen-bond donors (Lipinski definition) is 1. The number of nitrogens with zero attached hydrogens (tertiary/aromatic N) is 6. The van der Waals surface area contributed by atoms with Gasteiger partial charge in [0.05, 0.1) is 11.6 Å². The average Bonchev–Trinajstić information content (AvgIpc) is 3.33. The largest absolute Gasteiger partial charge is 0.360 e. The third-order valence-electron chi connectivity index (χ3n) is 4.25. The van der Waals surface area contributed by atoms with Crippen LogP contribution in [-0.2, 0) is 13.5 Å². The average molecular weight is 379 g/mol. The van der Waals surface area contributed by atoms with E-state index in [4.69, 9.17) is 4.52 Å². The molecule has 0 aliphatic rings. The standard InChI is InChI=1S/C19H18FN7O/c1-12(18-25-22-11-27(18)2)23-16-8-5-14(10-21-16)19-24-17(26-28-19)9-13-3-6-15(20)7-4-13/h3-8,10-12H,9H2,1-2H3,(H,21,23)/t12-/m0/s1. The van der Waals surface area contributed by atoms with E-state index in [0.717, 1.165) is 17.0 Å². The Bertz CT molecular complexity index is 1060. The van der Waals surface area contributed by atoms with Crippen LogP contribution in [0, 0.1) is 5.82 Å². The van der Waals surface area contributed by atoms with E-state index in [-0.39, 0.29) is 11.9 Å². The van der Waals surface area contributed by atoms with Gasteiger partial charge in [0.25, 0.3) is 5.89 Å². The zero-order valence-electron chi connectivity index (χ0n) is 15.4. The molecule has 4 aromatic rings. The number of rotatable bonds is 6. The molecule has 8 nitrogen and oxygen atoms in total. The molecule has 0 spiro atoms. The van der Waals surface area contributed by atoms with Crippen LogP contribution in [0.4, 0.5) is 10.2 Å². The monoisotopic (exact) mass is 379 g/mol. The molecule has 0 unspecified atom stereocenters. The Labute approximate surface area is 160 Å². The third-order valence-corrected chi connectivity index (χ3v) is 4.25. The Balaban J connectivity index is 1.43. The van der Waals surface area contributed by atoms with Gasteiger partial charge in [0.2, 0.25) is 0 Å². The lowest BCUT2D eigenvalue weighted by atomic mass is 10.1. The topological polar surface area (TPSA) is 94.6 Å². The minimum Gasteiger partial charge on any atom is -0.360 e. The molecule has 1 N–H and O–H groups in total. The molecule has 0 radical (unpaired) electrons. The number of aryl methyl sites for hydroxylation is 1. The Kier molecular flexibility index (Phi) is 4.79. The van der Waals surface area contributed by atoms with E-state index >= 15 is 0 Å². The van der Waals surface area contributed by atoms with E-state index in [1.165, 1.54) is 12.1 Å². The molecule has 28 heavy (non-hydrogen) atoms. The summed E-state index contributed by atoms with van der Waals surface area (Å²) < 4.78 is 20.2. The van der Waals surface area contributed by atoms with E-state index in [2.05, 4.69) is 30.6 Å². The van der Waals surface area contributed by atoms with E-state index in [1.807, 2.05) is 30.7 Å². The van der Waals surface area contributed by atoms with Gasteiger partial charge in [-0.1, -0.05) is 17.3 Å². The fourth-order valence-corrected chi connectivity index (χ4v) is 2.80. The minimum atomic E-state index is -0.272. The van der Waals surface area contributed by atoms with Crippen molar-refractivity contribution < 1.29 is 8.91 Å². The first kappa shape index (κ1) is 17.8. The van der Waals surface area contributed by atoms with Crippen LogP contribution in [0.3, 0.4) is 0 Å². The number of aromatic nitrogens is 6. The lowest BCUT2D eigenvalue weighted by Gasteiger charge is -2.13. The maximum absolute atomic E-state index is 13.0. The Morgan fingerprint density at radius 3 is 2.68 bits per heavy atom. The van der Waals surface area contributed by atoms with E-state index in [0.29, 0.717) is 24.0 Å². The Morgan fingerprint density at radius 1 is 1.18 bits per heavy atom. The molecule has 9 heteroatoms. The maximum Gasteiger partial charge on any atom is 0.259 e. The number of halogens is 1. The zero-order chi connectivity index (χ0) is 19.5. The summed E-state index contributed by atoms with van der Waals surface area (Å²) >= 11 is 0. The summed E-state index contributed by atoms with van der Waals surface area (Å²) in [5.41, 5.74) is 1.62. The molecule has 1 atom stereocenters. The van der Waals surface area contributed by atoms with Gasteiger partial charge < -0.3 is 14.4 Å². The SMILES string of the molecule is C[C@H](Nc1ccc(-c2nc(Cc3ccc(F)cc3)no2)cn1)c1nncn1C. The van der Waals surface area contributed by atoms with Crippen molar-refractivity contribution in [3.63, 3.8) is 0 Å². The predicted octanol–water partition coefficient (Wildman–Crippen LogP) is 3.16. The Hall–Kier alpha value is -3.62. The van der Waals surface area contributed by atoms with Gasteiger partial charge in [0, 0.05) is 19.7 Å². The van der Waals surface area contributed by atoms with Gasteiger partial charge in [0.1, 0.15) is 18.0 Å². The lowest BCUT2D eigenvalue weighted by molar-refractivity contribution is 0.424. The van der Waals surface area contributed by atoms with Crippen LogP contribution in [0.5, 0.6) is 0 Å². The summed E-state index contributed by atoms with van der Waals surface area (Å²) in [7, 11) is 1.89. The van der Waals surface area contributed by atoms with Crippen LogP contribution < -0.4 is 5.32 Å². The smallest absolute Gasteiger partial charge is 0.259 e. The van der Waals surface area contributed by atoms with Crippen molar-refractivity contribution in [1.82, 2.24) is 29.9 Å². The Morgan fingerprint density at radius 2 is 2.00 bits per heavy atom. The zero-order valence-corrected chi connectivity index (χ0v) is 15.4. The third kappa shape index (κ3) is 3.88. The summed E-state index contributed by atoms with van der Waals surface area (Å²) in [6.07, 6.45) is 3.79. The van der Waals surface area contributed by atoms with Crippen LogP contribution in [-0.4, -0.2) is 29.9 Å². The molecule has 0 aliphatic heterocycles. The van der Waals surface area contributed by atoms with Crippen molar-refractivity contribution >= 4 is 5.82 Å². The van der Waals surface area contributed by atoms with Crippen LogP contribution in [0.1, 0.15) is 30.2 Å². The molecule has 3 aromatic heterocycles. The maximum atomic E-state index is 13.0. The summed E-state index contributed by atoms with van der Waals surface area (Å²) in [4.78, 5) is 8.79. The van der Waals surface area contributed by atoms with E-state index in [9.17, 15) is 4.39 Å². The molecule has 1 aromatic carbocycles. The number of anilines is 1. The predicted molar refractivity (Wildman–Crippen MR) is 99.8 cm³/mol. The van der Waals surface area contributed by atoms with Crippen LogP contribution >= 0.6 is 0 Å². The van der Waals surface area contributed by atoms with Gasteiger partial charge in [-0.05, 0) is 36.8 Å². The quantitative estimate of drug-likeness (QED) is 0.550. The van der Waals surface area contributed by atoms with Crippen LogP contribution in [0.25, 0.3) is 11.5 Å². The molecule has 0 fully saturated rings. The second kappa shape index (κ2) is 7.55. The summed E-state index contributed by atoms with van der Waals surface area (Å²) in [5, 5.41) is 15.2. The first-order chi connectivity index (χ1) is 13.6. The van der Waals surface area contributed by atoms with Crippen molar-refractivity contribution in [2.45, 2.75) is 19.4 Å². The van der Waals surface area contributed by atoms with Gasteiger partial charge in [-0.2, -0.15) is 4.98 Å². The van der Waals surface area contributed by atoms with Crippen LogP contribution in [0.2, 0.25) is 0 Å². The number of pyridine rings is 1. The van der Waals surface area contributed by atoms with Gasteiger partial charge in [-0.25, -0.2) is 9.37 Å². The molecule has 0 bridgehead atoms. The van der Waals surface area contributed by atoms with Crippen LogP contribution in [0.15, 0.2) is 53.4 Å². The van der Waals surface area contributed by atoms with Crippen molar-refractivity contribution in [1.29, 1.82) is 0 Å². The van der Waals surface area contributed by atoms with Crippen molar-refractivity contribution in [2.75, 3.05) is 5.32 Å². The highest BCUT2D eigenvalue weighted by atomic mass is 19.1. The fourth-order valence-electron chi connectivity index (χ4n) is 2.80. The highest BCUT2D eigenvalue weighted by molar-refractivity contribution is 5.54. The second-order valence-corrected chi connectivity index (χ2v) is 6.42. The van der Waals surface area contributed by atoms with Gasteiger partial charge in [-0.3, -0.25) is 0 Å². The van der Waals surface area contributed by atoms with Gasteiger partial charge >= 0.3 is 0 Å². The lowest BCUT2D eigenvalue weighted by Crippen LogP contribution is -2.12. The fraction of sp³-hybridized carbons (Fsp3) is 0.211. The molecule has 0 saturated heterocycles. The number of hydrogen-bond acceptors (Lipinski definition) is 7. The van der Waals surface area contributed by atoms with Gasteiger partial charge in [-0.15, -0.1) is 10.2 Å². The summed E-state index contributed by atoms with van der Waals surface area (Å²) in [6, 6.07) is 9.87. The highest BCUT2D eigenvalue weighted by Gasteiger charge is 2.13. The summed E-state index contributed by atoms with van der Waals surface area (Å²) in [6.45, 7) is 1.99. The molecule has 4 rings (SSSR count). The van der Waals surface area contributed by atoms with Crippen molar-refractivity contribution in [3.8, 4) is 11.5 Å². The number of nitrogens with one attached hydrogen (secondary N) is 1. The normalized spacial score (nSPS) is 12.1. The number of benzene rings is 1. The second-order valence-electron chi connectivity index (χ2n) is 6.42. The molecule has 0 aliphatic carbocycles. The van der Waals surface area contributed by atoms with E-state index < -0.39 is 0 Å². The summed E-state index contributed by atoms with van der Waals surface area (Å²) in [5.74, 6) is 2.15. The first-order valence-corrected chi connectivity index (χ1v) is 8.72. The molecule has 142 valence electrons. The molecule has 0 amide bonds. The van der Waals surface area contributed by atoms with Crippen molar-refractivity contribution in [2.24, 2.45) is 7.05 Å². The van der Waals surface area contributed by atoms with Crippen molar-refractivity contribution in [3.05, 3.63) is 72.0 Å². The van der Waals surface area contributed by atoms with Gasteiger partial charge in [0.15, 0.2) is 11.6 Å². The first-order valence-electron chi connectivity index (χ1n) is 8.72. The minimum absolute atomic E-state index is 0.0448. The molecule has 3 heterocycles. The van der Waals surface area contributed by atoms with E-state index in [1.54, 1.807) is 24.7 Å².